The maximum Gasteiger partial charge on any atom is 0.307 e. The van der Waals surface area contributed by atoms with Crippen LogP contribution in [0.3, 0.4) is 0 Å². The molecule has 0 bridgehead atoms. The molecular weight excluding hydrogens is 245 g/mol. The Hall–Kier alpha value is -1.42. The molecule has 1 aliphatic rings. The minimum Gasteiger partial charge on any atom is -0.481 e. The molecule has 0 radical (unpaired) electrons. The van der Waals surface area contributed by atoms with Crippen LogP contribution in [0.5, 0.6) is 0 Å². The summed E-state index contributed by atoms with van der Waals surface area (Å²) < 4.78 is 14.0. The highest BCUT2D eigenvalue weighted by molar-refractivity contribution is 5.70. The molecule has 3 nitrogen and oxygen atoms in total. The number of aryl methyl sites for hydroxylation is 1. The van der Waals surface area contributed by atoms with Crippen molar-refractivity contribution in [3.8, 4) is 0 Å². The second-order valence-electron chi connectivity index (χ2n) is 5.44. The molecule has 2 atom stereocenters. The number of rotatable bonds is 3. The van der Waals surface area contributed by atoms with Crippen molar-refractivity contribution in [2.75, 3.05) is 6.54 Å². The number of piperidine rings is 1. The van der Waals surface area contributed by atoms with Crippen molar-refractivity contribution in [3.63, 3.8) is 0 Å². The highest BCUT2D eigenvalue weighted by Crippen LogP contribution is 2.25. The van der Waals surface area contributed by atoms with Crippen molar-refractivity contribution in [2.24, 2.45) is 5.92 Å². The fourth-order valence-electron chi connectivity index (χ4n) is 2.65. The highest BCUT2D eigenvalue weighted by atomic mass is 19.1. The Morgan fingerprint density at radius 3 is 2.89 bits per heavy atom. The molecule has 1 heterocycles. The average Bonchev–Trinajstić information content (AvgIpc) is 2.37. The van der Waals surface area contributed by atoms with Crippen LogP contribution in [0.15, 0.2) is 18.2 Å². The van der Waals surface area contributed by atoms with Gasteiger partial charge in [0.1, 0.15) is 5.82 Å². The van der Waals surface area contributed by atoms with Gasteiger partial charge in [-0.1, -0.05) is 18.2 Å². The van der Waals surface area contributed by atoms with Crippen LogP contribution in [0.25, 0.3) is 0 Å². The number of aliphatic carboxylic acids is 1. The van der Waals surface area contributed by atoms with Crippen molar-refractivity contribution in [1.29, 1.82) is 0 Å². The summed E-state index contributed by atoms with van der Waals surface area (Å²) in [5, 5.41) is 9.11. The summed E-state index contributed by atoms with van der Waals surface area (Å²) >= 11 is 0. The van der Waals surface area contributed by atoms with E-state index >= 15 is 0 Å². The maximum atomic E-state index is 14.0. The fraction of sp³-hybridized carbons (Fsp3) is 0.533. The maximum absolute atomic E-state index is 14.0. The molecule has 1 N–H and O–H groups in total. The number of hydrogen-bond acceptors (Lipinski definition) is 2. The van der Waals surface area contributed by atoms with E-state index in [2.05, 4.69) is 11.8 Å². The lowest BCUT2D eigenvalue weighted by Crippen LogP contribution is -2.43. The Kier molecular flexibility index (Phi) is 4.20. The molecule has 19 heavy (non-hydrogen) atoms. The van der Waals surface area contributed by atoms with Crippen LogP contribution in [-0.4, -0.2) is 28.6 Å². The first kappa shape index (κ1) is 14.0. The smallest absolute Gasteiger partial charge is 0.307 e. The first-order valence-electron chi connectivity index (χ1n) is 6.70. The Balaban J connectivity index is 2.12. The van der Waals surface area contributed by atoms with E-state index in [1.807, 2.05) is 6.07 Å². The monoisotopic (exact) mass is 265 g/mol. The normalized spacial score (nSPS) is 24.4. The molecule has 0 amide bonds. The topological polar surface area (TPSA) is 40.5 Å². The van der Waals surface area contributed by atoms with Gasteiger partial charge >= 0.3 is 5.97 Å². The number of carbonyl (C=O) groups is 1. The van der Waals surface area contributed by atoms with Crippen LogP contribution < -0.4 is 0 Å². The molecule has 2 rings (SSSR count). The number of benzene rings is 1. The van der Waals surface area contributed by atoms with Crippen LogP contribution in [0.4, 0.5) is 4.39 Å². The Bertz CT molecular complexity index is 475. The van der Waals surface area contributed by atoms with Gasteiger partial charge in [-0.3, -0.25) is 9.69 Å². The van der Waals surface area contributed by atoms with E-state index in [1.165, 1.54) is 0 Å². The molecule has 1 saturated heterocycles. The van der Waals surface area contributed by atoms with Crippen molar-refractivity contribution in [1.82, 2.24) is 4.90 Å². The van der Waals surface area contributed by atoms with E-state index in [0.29, 0.717) is 36.7 Å². The zero-order valence-electron chi connectivity index (χ0n) is 11.4. The van der Waals surface area contributed by atoms with Gasteiger partial charge in [0.15, 0.2) is 0 Å². The van der Waals surface area contributed by atoms with Crippen LogP contribution >= 0.6 is 0 Å². The van der Waals surface area contributed by atoms with Crippen LogP contribution in [0.2, 0.25) is 0 Å². The summed E-state index contributed by atoms with van der Waals surface area (Å²) in [5.74, 6) is -1.25. The third kappa shape index (κ3) is 3.13. The predicted octanol–water partition coefficient (Wildman–Crippen LogP) is 2.82. The van der Waals surface area contributed by atoms with Gasteiger partial charge < -0.3 is 5.11 Å². The number of likely N-dealkylation sites (tertiary alicyclic amines) is 1. The molecule has 104 valence electrons. The van der Waals surface area contributed by atoms with Crippen LogP contribution in [-0.2, 0) is 11.3 Å². The Morgan fingerprint density at radius 1 is 1.47 bits per heavy atom. The molecule has 0 spiro atoms. The summed E-state index contributed by atoms with van der Waals surface area (Å²) in [4.78, 5) is 13.1. The van der Waals surface area contributed by atoms with Gasteiger partial charge in [-0.15, -0.1) is 0 Å². The van der Waals surface area contributed by atoms with Gasteiger partial charge in [0, 0.05) is 24.7 Å². The summed E-state index contributed by atoms with van der Waals surface area (Å²) in [6.45, 7) is 4.81. The molecule has 4 heteroatoms. The van der Waals surface area contributed by atoms with E-state index < -0.39 is 5.97 Å². The van der Waals surface area contributed by atoms with E-state index in [1.54, 1.807) is 19.1 Å². The van der Waals surface area contributed by atoms with Gasteiger partial charge in [0.05, 0.1) is 5.92 Å². The van der Waals surface area contributed by atoms with Gasteiger partial charge in [0.2, 0.25) is 0 Å². The first-order valence-corrected chi connectivity index (χ1v) is 6.70. The van der Waals surface area contributed by atoms with E-state index in [4.69, 9.17) is 5.11 Å². The van der Waals surface area contributed by atoms with Crippen molar-refractivity contribution >= 4 is 5.97 Å². The van der Waals surface area contributed by atoms with E-state index in [-0.39, 0.29) is 11.7 Å². The summed E-state index contributed by atoms with van der Waals surface area (Å²) in [5.41, 5.74) is 1.29. The second-order valence-corrected chi connectivity index (χ2v) is 5.44. The third-order valence-electron chi connectivity index (χ3n) is 4.01. The summed E-state index contributed by atoms with van der Waals surface area (Å²) in [6.07, 6.45) is 1.56. The zero-order valence-corrected chi connectivity index (χ0v) is 11.4. The summed E-state index contributed by atoms with van der Waals surface area (Å²) in [6, 6.07) is 5.67. The lowest BCUT2D eigenvalue weighted by molar-refractivity contribution is -0.144. The number of halogens is 1. The Morgan fingerprint density at radius 2 is 2.21 bits per heavy atom. The standard InChI is InChI=1S/C15H20FNO2/c1-10-4-3-5-12(14(10)16)8-17-9-13(15(18)19)7-6-11(17)2/h3-5,11,13H,6-9H2,1-2H3,(H,18,19). The first-order chi connectivity index (χ1) is 8.99. The third-order valence-corrected chi connectivity index (χ3v) is 4.01. The number of carboxylic acids is 1. The van der Waals surface area contributed by atoms with Crippen molar-refractivity contribution in [2.45, 2.75) is 39.3 Å². The molecule has 1 aromatic carbocycles. The SMILES string of the molecule is Cc1cccc(CN2CC(C(=O)O)CCC2C)c1F. The van der Waals surface area contributed by atoms with E-state index in [0.717, 1.165) is 6.42 Å². The summed E-state index contributed by atoms with van der Waals surface area (Å²) in [7, 11) is 0. The molecule has 2 unspecified atom stereocenters. The quantitative estimate of drug-likeness (QED) is 0.913. The van der Waals surface area contributed by atoms with Gasteiger partial charge in [-0.2, -0.15) is 0 Å². The molecule has 0 aliphatic carbocycles. The van der Waals surface area contributed by atoms with Gasteiger partial charge in [-0.25, -0.2) is 4.39 Å². The fourth-order valence-corrected chi connectivity index (χ4v) is 2.65. The minimum absolute atomic E-state index is 0.174. The van der Waals surface area contributed by atoms with Crippen LogP contribution in [0.1, 0.15) is 30.9 Å². The Labute approximate surface area is 113 Å². The molecule has 1 aromatic rings. The van der Waals surface area contributed by atoms with Crippen LogP contribution in [0, 0.1) is 18.7 Å². The average molecular weight is 265 g/mol. The lowest BCUT2D eigenvalue weighted by Gasteiger charge is -2.36. The number of carboxylic acid groups (broad SMARTS) is 1. The molecule has 0 saturated carbocycles. The highest BCUT2D eigenvalue weighted by Gasteiger charge is 2.30. The van der Waals surface area contributed by atoms with E-state index in [9.17, 15) is 9.18 Å². The molecule has 0 aromatic heterocycles. The van der Waals surface area contributed by atoms with Crippen molar-refractivity contribution < 1.29 is 14.3 Å². The number of nitrogens with zero attached hydrogens (tertiary/aromatic N) is 1. The van der Waals surface area contributed by atoms with Crippen molar-refractivity contribution in [3.05, 3.63) is 35.1 Å². The lowest BCUT2D eigenvalue weighted by atomic mass is 9.93. The van der Waals surface area contributed by atoms with Gasteiger partial charge in [0.25, 0.3) is 0 Å². The van der Waals surface area contributed by atoms with Gasteiger partial charge in [-0.05, 0) is 32.3 Å². The molecule has 1 aliphatic heterocycles. The minimum atomic E-state index is -0.749. The predicted molar refractivity (Wildman–Crippen MR) is 71.4 cm³/mol. The largest absolute Gasteiger partial charge is 0.481 e. The number of hydrogen-bond donors (Lipinski definition) is 1. The molecule has 1 fully saturated rings. The second kappa shape index (κ2) is 5.70. The molecular formula is C15H20FNO2. The zero-order chi connectivity index (χ0) is 14.0.